The van der Waals surface area contributed by atoms with Crippen molar-refractivity contribution in [2.45, 2.75) is 45.2 Å². The van der Waals surface area contributed by atoms with Gasteiger partial charge in [-0.15, -0.1) is 0 Å². The number of carbonyl (C=O) groups is 2. The summed E-state index contributed by atoms with van der Waals surface area (Å²) in [6, 6.07) is 15.0. The number of nitrogens with one attached hydrogen (secondary N) is 2. The molecule has 0 atom stereocenters. The van der Waals surface area contributed by atoms with Crippen molar-refractivity contribution < 1.29 is 14.3 Å². The van der Waals surface area contributed by atoms with Crippen molar-refractivity contribution in [1.29, 1.82) is 0 Å². The molecule has 0 aromatic heterocycles. The Morgan fingerprint density at radius 2 is 1.60 bits per heavy atom. The molecule has 0 spiro atoms. The van der Waals surface area contributed by atoms with Gasteiger partial charge in [-0.1, -0.05) is 12.1 Å². The summed E-state index contributed by atoms with van der Waals surface area (Å²) in [7, 11) is 1.60. The third kappa shape index (κ3) is 5.53. The van der Waals surface area contributed by atoms with Gasteiger partial charge < -0.3 is 20.3 Å². The summed E-state index contributed by atoms with van der Waals surface area (Å²) in [6.07, 6.45) is 1.66. The molecule has 0 saturated carbocycles. The molecule has 0 bridgehead atoms. The molecule has 1 aliphatic heterocycles. The van der Waals surface area contributed by atoms with Crippen LogP contribution >= 0.6 is 0 Å². The Kier molecular flexibility index (Phi) is 6.65. The van der Waals surface area contributed by atoms with E-state index in [1.54, 1.807) is 31.4 Å². The molecule has 3 rings (SSSR count). The average molecular weight is 410 g/mol. The van der Waals surface area contributed by atoms with Crippen LogP contribution in [-0.2, 0) is 0 Å². The van der Waals surface area contributed by atoms with Gasteiger partial charge in [-0.3, -0.25) is 9.59 Å². The number of hydrogen-bond acceptors (Lipinski definition) is 4. The first-order valence-corrected chi connectivity index (χ1v) is 10.4. The number of piperidine rings is 1. The Balaban J connectivity index is 1.60. The number of rotatable bonds is 5. The van der Waals surface area contributed by atoms with E-state index < -0.39 is 0 Å². The Hall–Kier alpha value is -3.02. The highest BCUT2D eigenvalue weighted by Gasteiger charge is 2.25. The van der Waals surface area contributed by atoms with Crippen molar-refractivity contribution in [3.63, 3.8) is 0 Å². The summed E-state index contributed by atoms with van der Waals surface area (Å²) in [5.74, 6) is 0.600. The Morgan fingerprint density at radius 1 is 0.967 bits per heavy atom. The van der Waals surface area contributed by atoms with Crippen molar-refractivity contribution in [2.75, 3.05) is 25.1 Å². The summed E-state index contributed by atoms with van der Waals surface area (Å²) in [5, 5.41) is 6.17. The molecule has 1 aliphatic rings. The van der Waals surface area contributed by atoms with Gasteiger partial charge in [-0.05, 0) is 70.0 Å². The molecule has 2 N–H and O–H groups in total. The lowest BCUT2D eigenvalue weighted by molar-refractivity contribution is 0.0917. The Morgan fingerprint density at radius 3 is 2.20 bits per heavy atom. The van der Waals surface area contributed by atoms with E-state index in [4.69, 9.17) is 4.74 Å². The molecule has 6 heteroatoms. The first-order chi connectivity index (χ1) is 14.3. The van der Waals surface area contributed by atoms with Gasteiger partial charge >= 0.3 is 0 Å². The average Bonchev–Trinajstić information content (AvgIpc) is 2.73. The van der Waals surface area contributed by atoms with Crippen molar-refractivity contribution in [3.05, 3.63) is 59.7 Å². The highest BCUT2D eigenvalue weighted by Crippen LogP contribution is 2.25. The number of anilines is 1. The molecule has 2 amide bonds. The Bertz CT molecular complexity index is 879. The molecule has 0 radical (unpaired) electrons. The maximum absolute atomic E-state index is 12.7. The second-order valence-corrected chi connectivity index (χ2v) is 8.68. The first kappa shape index (κ1) is 21.7. The van der Waals surface area contributed by atoms with Crippen LogP contribution in [0.15, 0.2) is 48.5 Å². The maximum Gasteiger partial charge on any atom is 0.253 e. The van der Waals surface area contributed by atoms with Crippen LogP contribution in [0.4, 0.5) is 5.69 Å². The van der Waals surface area contributed by atoms with Crippen LogP contribution in [0.25, 0.3) is 0 Å². The van der Waals surface area contributed by atoms with Crippen LogP contribution in [0.1, 0.15) is 54.3 Å². The second-order valence-electron chi connectivity index (χ2n) is 8.68. The van der Waals surface area contributed by atoms with E-state index in [9.17, 15) is 9.59 Å². The maximum atomic E-state index is 12.7. The quantitative estimate of drug-likeness (QED) is 0.791. The first-order valence-electron chi connectivity index (χ1n) is 10.4. The Labute approximate surface area is 178 Å². The zero-order valence-corrected chi connectivity index (χ0v) is 18.2. The van der Waals surface area contributed by atoms with E-state index in [-0.39, 0.29) is 23.4 Å². The number of nitrogens with zero attached hydrogens (tertiary/aromatic N) is 1. The summed E-state index contributed by atoms with van der Waals surface area (Å²) < 4.78 is 5.14. The van der Waals surface area contributed by atoms with Crippen molar-refractivity contribution in [2.24, 2.45) is 0 Å². The predicted octanol–water partition coefficient (Wildman–Crippen LogP) is 3.62. The van der Waals surface area contributed by atoms with Gasteiger partial charge in [0, 0.05) is 35.9 Å². The highest BCUT2D eigenvalue weighted by molar-refractivity contribution is 6.00. The molecule has 1 fully saturated rings. The van der Waals surface area contributed by atoms with Gasteiger partial charge in [0.1, 0.15) is 5.75 Å². The molecular formula is C24H31N3O3. The van der Waals surface area contributed by atoms with Crippen molar-refractivity contribution in [1.82, 2.24) is 10.6 Å². The fourth-order valence-electron chi connectivity index (χ4n) is 3.63. The lowest BCUT2D eigenvalue weighted by Crippen LogP contribution is -2.45. The number of carbonyl (C=O) groups excluding carboxylic acids is 2. The second kappa shape index (κ2) is 9.20. The normalized spacial score (nSPS) is 14.9. The molecule has 6 nitrogen and oxygen atoms in total. The summed E-state index contributed by atoms with van der Waals surface area (Å²) in [6.45, 7) is 7.50. The number of benzene rings is 2. The topological polar surface area (TPSA) is 70.7 Å². The third-order valence-corrected chi connectivity index (χ3v) is 5.16. The van der Waals surface area contributed by atoms with Crippen LogP contribution < -0.4 is 20.3 Å². The van der Waals surface area contributed by atoms with Crippen LogP contribution in [0.2, 0.25) is 0 Å². The van der Waals surface area contributed by atoms with Gasteiger partial charge in [-0.25, -0.2) is 0 Å². The van der Waals surface area contributed by atoms with Crippen LogP contribution in [0.3, 0.4) is 0 Å². The molecule has 30 heavy (non-hydrogen) atoms. The van der Waals surface area contributed by atoms with Gasteiger partial charge in [-0.2, -0.15) is 0 Å². The minimum atomic E-state index is -0.289. The fourth-order valence-corrected chi connectivity index (χ4v) is 3.63. The number of para-hydroxylation sites is 1. The number of hydrogen-bond donors (Lipinski definition) is 2. The standard InChI is InChI=1S/C24H31N3O3/c1-24(2,3)26-23(29)20-7-5-6-8-21(20)27-15-13-18(14-16-27)25-22(28)17-9-11-19(30-4)12-10-17/h5-12,18H,13-16H2,1-4H3,(H,25,28)(H,26,29). The van der Waals surface area contributed by atoms with E-state index in [1.165, 1.54) is 0 Å². The predicted molar refractivity (Wildman–Crippen MR) is 119 cm³/mol. The fraction of sp³-hybridized carbons (Fsp3) is 0.417. The molecule has 0 unspecified atom stereocenters. The lowest BCUT2D eigenvalue weighted by atomic mass is 10.0. The summed E-state index contributed by atoms with van der Waals surface area (Å²) >= 11 is 0. The van der Waals surface area contributed by atoms with Gasteiger partial charge in [0.25, 0.3) is 11.8 Å². The zero-order chi connectivity index (χ0) is 21.7. The molecule has 0 aliphatic carbocycles. The zero-order valence-electron chi connectivity index (χ0n) is 18.2. The molecule has 160 valence electrons. The monoisotopic (exact) mass is 409 g/mol. The summed E-state index contributed by atoms with van der Waals surface area (Å²) in [5.41, 5.74) is 1.97. The number of ether oxygens (including phenoxy) is 1. The highest BCUT2D eigenvalue weighted by atomic mass is 16.5. The minimum Gasteiger partial charge on any atom is -0.497 e. The molecule has 1 saturated heterocycles. The SMILES string of the molecule is COc1ccc(C(=O)NC2CCN(c3ccccc3C(=O)NC(C)(C)C)CC2)cc1. The summed E-state index contributed by atoms with van der Waals surface area (Å²) in [4.78, 5) is 27.5. The molecular weight excluding hydrogens is 378 g/mol. The van der Waals surface area contributed by atoms with Gasteiger partial charge in [0.15, 0.2) is 0 Å². The molecule has 1 heterocycles. The number of amides is 2. The van der Waals surface area contributed by atoms with E-state index in [2.05, 4.69) is 15.5 Å². The third-order valence-electron chi connectivity index (χ3n) is 5.16. The van der Waals surface area contributed by atoms with Gasteiger partial charge in [0.05, 0.1) is 12.7 Å². The van der Waals surface area contributed by atoms with Gasteiger partial charge in [0.2, 0.25) is 0 Å². The minimum absolute atomic E-state index is 0.0620. The molecule has 2 aromatic carbocycles. The van der Waals surface area contributed by atoms with Crippen LogP contribution in [0, 0.1) is 0 Å². The van der Waals surface area contributed by atoms with Crippen LogP contribution in [-0.4, -0.2) is 43.6 Å². The van der Waals surface area contributed by atoms with Crippen molar-refractivity contribution >= 4 is 17.5 Å². The smallest absolute Gasteiger partial charge is 0.253 e. The van der Waals surface area contributed by atoms with E-state index in [0.29, 0.717) is 11.1 Å². The molecule has 2 aromatic rings. The van der Waals surface area contributed by atoms with Crippen LogP contribution in [0.5, 0.6) is 5.75 Å². The number of methoxy groups -OCH3 is 1. The lowest BCUT2D eigenvalue weighted by Gasteiger charge is -2.35. The van der Waals surface area contributed by atoms with E-state index >= 15 is 0 Å². The van der Waals surface area contributed by atoms with Crippen molar-refractivity contribution in [3.8, 4) is 5.75 Å². The largest absolute Gasteiger partial charge is 0.497 e. The van der Waals surface area contributed by atoms with E-state index in [0.717, 1.165) is 37.4 Å². The van der Waals surface area contributed by atoms with E-state index in [1.807, 2.05) is 45.0 Å².